The van der Waals surface area contributed by atoms with Gasteiger partial charge in [0.2, 0.25) is 0 Å². The van der Waals surface area contributed by atoms with E-state index in [1.165, 1.54) is 0 Å². The van der Waals surface area contributed by atoms with Crippen molar-refractivity contribution in [3.8, 4) is 11.8 Å². The second-order valence-corrected chi connectivity index (χ2v) is 8.33. The van der Waals surface area contributed by atoms with E-state index in [1.807, 2.05) is 45.2 Å². The zero-order chi connectivity index (χ0) is 28.5. The van der Waals surface area contributed by atoms with Gasteiger partial charge < -0.3 is 26.7 Å². The second kappa shape index (κ2) is 17.0. The van der Waals surface area contributed by atoms with E-state index in [0.717, 1.165) is 23.1 Å². The van der Waals surface area contributed by atoms with Crippen molar-refractivity contribution in [2.24, 2.45) is 5.73 Å². The van der Waals surface area contributed by atoms with Gasteiger partial charge in [0.05, 0.1) is 12.4 Å². The molecule has 202 valence electrons. The first kappa shape index (κ1) is 30.6. The van der Waals surface area contributed by atoms with Crippen LogP contribution in [-0.2, 0) is 4.79 Å². The number of hydrogen-bond donors (Lipinski definition) is 5. The minimum atomic E-state index is -0.332. The van der Waals surface area contributed by atoms with Crippen LogP contribution in [0.1, 0.15) is 42.0 Å². The Morgan fingerprint density at radius 2 is 2.00 bits per heavy atom. The molecule has 2 aromatic heterocycles. The number of imidazole rings is 1. The van der Waals surface area contributed by atoms with E-state index < -0.39 is 0 Å². The number of rotatable bonds is 6. The van der Waals surface area contributed by atoms with Crippen molar-refractivity contribution in [2.45, 2.75) is 20.3 Å². The highest BCUT2D eigenvalue weighted by atomic mass is 31.0. The molecule has 0 fully saturated rings. The van der Waals surface area contributed by atoms with Crippen LogP contribution in [0, 0.1) is 11.8 Å². The van der Waals surface area contributed by atoms with Gasteiger partial charge in [-0.1, -0.05) is 50.1 Å². The minimum absolute atomic E-state index is 0.161. The third-order valence-electron chi connectivity index (χ3n) is 4.93. The molecule has 1 atom stereocenters. The van der Waals surface area contributed by atoms with Gasteiger partial charge in [0, 0.05) is 37.1 Å². The van der Waals surface area contributed by atoms with Gasteiger partial charge in [-0.05, 0) is 47.1 Å². The molecule has 1 unspecified atom stereocenters. The van der Waals surface area contributed by atoms with Gasteiger partial charge in [-0.3, -0.25) is 9.59 Å². The van der Waals surface area contributed by atoms with E-state index in [4.69, 9.17) is 5.73 Å². The van der Waals surface area contributed by atoms with Gasteiger partial charge in [-0.2, -0.15) is 0 Å². The summed E-state index contributed by atoms with van der Waals surface area (Å²) in [5, 5.41) is 9.69. The average Bonchev–Trinajstić information content (AvgIpc) is 3.44. The predicted octanol–water partition coefficient (Wildman–Crippen LogP) is 2.99. The van der Waals surface area contributed by atoms with Crippen LogP contribution in [-0.4, -0.2) is 40.9 Å². The lowest BCUT2D eigenvalue weighted by molar-refractivity contribution is -0.105. The second-order valence-electron chi connectivity index (χ2n) is 7.67. The lowest BCUT2D eigenvalue weighted by Crippen LogP contribution is -2.34. The molecule has 10 heteroatoms. The Morgan fingerprint density at radius 1 is 1.21 bits per heavy atom. The van der Waals surface area contributed by atoms with Crippen LogP contribution in [0.3, 0.4) is 0 Å². The Balaban J connectivity index is 0.000000507. The number of allylic oxidation sites excluding steroid dienone is 4. The lowest BCUT2D eigenvalue weighted by Gasteiger charge is -2.11. The van der Waals surface area contributed by atoms with Crippen LogP contribution < -0.4 is 27.0 Å². The van der Waals surface area contributed by atoms with E-state index in [-0.39, 0.29) is 18.3 Å². The Kier molecular flexibility index (Phi) is 13.3. The number of nitrogens with one attached hydrogen (secondary N) is 4. The third-order valence-corrected chi connectivity index (χ3v) is 5.29. The average molecular weight is 544 g/mol. The summed E-state index contributed by atoms with van der Waals surface area (Å²) in [6.45, 7) is 4.16. The summed E-state index contributed by atoms with van der Waals surface area (Å²) < 4.78 is 0. The number of benzene rings is 1. The Morgan fingerprint density at radius 3 is 2.67 bits per heavy atom. The fraction of sp³-hybridized carbons (Fsp3) is 0.172. The fourth-order valence-corrected chi connectivity index (χ4v) is 3.39. The maximum atomic E-state index is 12.4. The number of amides is 1. The number of aldehydes is 1. The number of nitrogens with zero attached hydrogens (tertiary/aromatic N) is 2. The van der Waals surface area contributed by atoms with Gasteiger partial charge >= 0.3 is 0 Å². The van der Waals surface area contributed by atoms with E-state index in [0.29, 0.717) is 29.1 Å². The Bertz CT molecular complexity index is 1380. The molecule has 6 N–H and O–H groups in total. The van der Waals surface area contributed by atoms with Crippen LogP contribution in [0.15, 0.2) is 90.1 Å². The van der Waals surface area contributed by atoms with Crippen molar-refractivity contribution in [1.82, 2.24) is 25.6 Å². The molecular weight excluding hydrogens is 509 g/mol. The number of hydrogen-bond acceptors (Lipinski definition) is 7. The highest BCUT2D eigenvalue weighted by Crippen LogP contribution is 2.12. The Hall–Kier alpha value is -4.67. The maximum Gasteiger partial charge on any atom is 0.271 e. The minimum Gasteiger partial charge on any atom is -0.400 e. The van der Waals surface area contributed by atoms with Crippen molar-refractivity contribution in [2.75, 3.05) is 19.0 Å². The summed E-state index contributed by atoms with van der Waals surface area (Å²) in [5.41, 5.74) is 9.44. The summed E-state index contributed by atoms with van der Waals surface area (Å²) in [5.74, 6) is 6.50. The molecule has 9 nitrogen and oxygen atoms in total. The van der Waals surface area contributed by atoms with E-state index in [1.54, 1.807) is 48.8 Å². The van der Waals surface area contributed by atoms with Gasteiger partial charge in [0.1, 0.15) is 17.7 Å². The van der Waals surface area contributed by atoms with E-state index in [2.05, 4.69) is 52.0 Å². The van der Waals surface area contributed by atoms with Crippen molar-refractivity contribution < 1.29 is 9.59 Å². The van der Waals surface area contributed by atoms with Crippen molar-refractivity contribution in [3.05, 3.63) is 107 Å². The molecule has 2 heterocycles. The molecule has 0 bridgehead atoms. The molecule has 1 aromatic carbocycles. The number of H-pyrrole nitrogens is 1. The van der Waals surface area contributed by atoms with Crippen LogP contribution in [0.2, 0.25) is 0 Å². The topological polar surface area (TPSA) is 138 Å². The molecule has 0 radical (unpaired) electrons. The number of nitrogens with two attached hydrogens (primary N) is 1. The molecule has 4 rings (SSSR count). The lowest BCUT2D eigenvalue weighted by atomic mass is 10.1. The zero-order valence-corrected chi connectivity index (χ0v) is 23.4. The number of aromatic amines is 1. The molecular formula is C29H34N7O2P. The number of anilines is 1. The van der Waals surface area contributed by atoms with Crippen molar-refractivity contribution >= 4 is 32.7 Å². The highest BCUT2D eigenvalue weighted by Gasteiger charge is 2.09. The molecule has 39 heavy (non-hydrogen) atoms. The van der Waals surface area contributed by atoms with Gasteiger partial charge in [-0.15, -0.1) is 9.24 Å². The Labute approximate surface area is 231 Å². The maximum absolute atomic E-state index is 12.4. The van der Waals surface area contributed by atoms with Crippen molar-refractivity contribution in [3.63, 3.8) is 0 Å². The van der Waals surface area contributed by atoms with Crippen LogP contribution in [0.5, 0.6) is 0 Å². The number of carbonyl (C=O) groups excluding carboxylic acids is 2. The normalized spacial score (nSPS) is 11.6. The number of carbonyl (C=O) groups is 2. The molecule has 1 aliphatic rings. The smallest absolute Gasteiger partial charge is 0.271 e. The number of aromatic nitrogens is 3. The molecule has 0 saturated carbocycles. The summed E-state index contributed by atoms with van der Waals surface area (Å²) >= 11 is 0. The summed E-state index contributed by atoms with van der Waals surface area (Å²) in [6.07, 6.45) is 9.81. The molecule has 1 aliphatic carbocycles. The zero-order valence-electron chi connectivity index (χ0n) is 22.3. The van der Waals surface area contributed by atoms with E-state index >= 15 is 0 Å². The van der Waals surface area contributed by atoms with Gasteiger partial charge in [0.25, 0.3) is 5.91 Å². The first-order chi connectivity index (χ1) is 19.0. The van der Waals surface area contributed by atoms with Crippen LogP contribution in [0.25, 0.3) is 0 Å². The predicted molar refractivity (Wildman–Crippen MR) is 160 cm³/mol. The highest BCUT2D eigenvalue weighted by molar-refractivity contribution is 7.27. The van der Waals surface area contributed by atoms with Gasteiger partial charge in [0.15, 0.2) is 5.95 Å². The van der Waals surface area contributed by atoms with Crippen molar-refractivity contribution in [1.29, 1.82) is 0 Å². The van der Waals surface area contributed by atoms with Gasteiger partial charge in [-0.25, -0.2) is 9.97 Å². The van der Waals surface area contributed by atoms with Crippen LogP contribution in [0.4, 0.5) is 5.95 Å². The quantitative estimate of drug-likeness (QED) is 0.139. The summed E-state index contributed by atoms with van der Waals surface area (Å²) in [6, 6.07) is 12.9. The molecule has 3 aromatic rings. The molecule has 0 aliphatic heterocycles. The molecule has 0 saturated heterocycles. The van der Waals surface area contributed by atoms with E-state index in [9.17, 15) is 9.59 Å². The standard InChI is InChI=1S/C23H21N4O2P.C4H7N3.C2H6/c24-20-13-17(14-28)5-2-8-21(20)25-15-26-23(29)22-9-3-6-18(27-22)11-10-16-4-1-7-19(30)12-16;1-5-4-6-2-3-7-4;1-2/h1-9,12,14,25H,13,15,24,30H2,(H,26,29);2-3H,1H3,(H2,5,6,7);1-2H3. The SMILES string of the molecule is CC.CNc1ncc[nH]1.NC1=C(NCNC(=O)c2cccc(C#Cc3cccc(P)c3)n2)C=CC=C(C=O)C1. The largest absolute Gasteiger partial charge is 0.400 e. The first-order valence-corrected chi connectivity index (χ1v) is 12.9. The molecule has 0 spiro atoms. The molecule has 1 amide bonds. The number of pyridine rings is 1. The fourth-order valence-electron chi connectivity index (χ4n) is 3.10. The van der Waals surface area contributed by atoms with Crippen LogP contribution >= 0.6 is 9.24 Å². The summed E-state index contributed by atoms with van der Waals surface area (Å²) in [4.78, 5) is 34.4. The first-order valence-electron chi connectivity index (χ1n) is 12.3. The monoisotopic (exact) mass is 543 g/mol. The summed E-state index contributed by atoms with van der Waals surface area (Å²) in [7, 11) is 4.45. The third kappa shape index (κ3) is 10.7.